The summed E-state index contributed by atoms with van der Waals surface area (Å²) < 4.78 is 0. The number of carboxylic acid groups (broad SMARTS) is 1. The molecule has 5 aliphatic carbocycles. The molecule has 5 aliphatic rings. The van der Waals surface area contributed by atoms with Gasteiger partial charge in [0, 0.05) is 61.9 Å². The number of benzene rings is 12. The predicted molar refractivity (Wildman–Crippen MR) is 613 cm³/mol. The second kappa shape index (κ2) is 48.2. The van der Waals surface area contributed by atoms with Gasteiger partial charge in [-0.2, -0.15) is 0 Å². The Kier molecular flexibility index (Phi) is 35.1. The van der Waals surface area contributed by atoms with Crippen molar-refractivity contribution in [1.29, 1.82) is 0 Å². The molecule has 1 N–H and O–H groups in total. The van der Waals surface area contributed by atoms with E-state index in [-0.39, 0.29) is 73.0 Å². The van der Waals surface area contributed by atoms with Crippen LogP contribution in [0.2, 0.25) is 0 Å². The molecule has 18 aromatic rings. The van der Waals surface area contributed by atoms with Crippen LogP contribution in [0.4, 0.5) is 0 Å². The largest absolute Gasteiger partial charge is 3.00 e. The number of pyridine rings is 6. The Balaban J connectivity index is 0.000000131. The van der Waals surface area contributed by atoms with Crippen molar-refractivity contribution in [2.24, 2.45) is 0 Å². The monoisotopic (exact) mass is 2310 g/mol. The van der Waals surface area contributed by atoms with Gasteiger partial charge in [-0.25, -0.2) is 9.78 Å². The summed E-state index contributed by atoms with van der Waals surface area (Å²) in [4.78, 5) is 37.0. The minimum absolute atomic E-state index is 0. The zero-order chi connectivity index (χ0) is 103. The molecule has 757 valence electrons. The smallest absolute Gasteiger partial charge is 0.477 e. The minimum Gasteiger partial charge on any atom is -0.477 e. The van der Waals surface area contributed by atoms with Gasteiger partial charge in [0.05, 0.1) is 5.52 Å². The molecular weight excluding hydrogens is 2170 g/mol. The molecule has 0 saturated heterocycles. The maximum absolute atomic E-state index is 10.1. The van der Waals surface area contributed by atoms with Crippen LogP contribution in [0.3, 0.4) is 0 Å². The fourth-order valence-corrected chi connectivity index (χ4v) is 23.4. The second-order valence-corrected chi connectivity index (χ2v) is 42.9. The van der Waals surface area contributed by atoms with E-state index in [9.17, 15) is 4.79 Å². The third kappa shape index (κ3) is 23.1. The number of hydrogen-bond donors (Lipinski definition) is 1. The van der Waals surface area contributed by atoms with Gasteiger partial charge < -0.3 is 25.0 Å². The molecule has 149 heavy (non-hydrogen) atoms. The van der Waals surface area contributed by atoms with E-state index in [1.54, 1.807) is 23.3 Å². The molecule has 0 unspecified atom stereocenters. The Hall–Kier alpha value is -13.2. The number of hydrogen-bond acceptors (Lipinski definition) is 7. The number of aryl methyl sites for hydroxylation is 5. The van der Waals surface area contributed by atoms with Crippen LogP contribution in [-0.2, 0) is 67.3 Å². The van der Waals surface area contributed by atoms with Crippen molar-refractivity contribution in [2.45, 2.75) is 259 Å². The van der Waals surface area contributed by atoms with Crippen LogP contribution in [0.5, 0.6) is 0 Å². The normalized spacial score (nSPS) is 13.6. The Morgan fingerprint density at radius 1 is 0.268 bits per heavy atom. The number of rotatable bonds is 26. The fraction of sp³-hybridized carbons (Fsp3) is 0.288. The Morgan fingerprint density at radius 3 is 0.893 bits per heavy atom. The van der Waals surface area contributed by atoms with Crippen molar-refractivity contribution in [1.82, 2.24) is 29.9 Å². The van der Waals surface area contributed by atoms with Crippen LogP contribution in [0.15, 0.2) is 322 Å². The molecule has 0 bridgehead atoms. The zero-order valence-corrected chi connectivity index (χ0v) is 94.2. The summed E-state index contributed by atoms with van der Waals surface area (Å²) in [5.74, 6) is -0.990. The first-order valence-electron chi connectivity index (χ1n) is 53.8. The summed E-state index contributed by atoms with van der Waals surface area (Å²) >= 11 is 0. The van der Waals surface area contributed by atoms with E-state index in [4.69, 9.17) is 15.1 Å². The van der Waals surface area contributed by atoms with Crippen molar-refractivity contribution < 1.29 is 50.1 Å². The summed E-state index contributed by atoms with van der Waals surface area (Å²) in [5, 5.41) is 11.9. The van der Waals surface area contributed by atoms with Gasteiger partial charge in [-0.1, -0.05) is 450 Å². The average molecular weight is 2310 g/mol. The first-order chi connectivity index (χ1) is 71.3. The van der Waals surface area contributed by atoms with Gasteiger partial charge >= 0.3 is 26.1 Å². The predicted octanol–water partition coefficient (Wildman–Crippen LogP) is 36.7. The van der Waals surface area contributed by atoms with Crippen molar-refractivity contribution in [3.05, 3.63) is 442 Å². The maximum atomic E-state index is 10.1. The van der Waals surface area contributed by atoms with Crippen molar-refractivity contribution in [3.63, 3.8) is 0 Å². The topological polar surface area (TPSA) is 115 Å². The molecule has 10 heteroatoms. The molecule has 23 rings (SSSR count). The average Bonchev–Trinajstić information content (AvgIpc) is 1.56. The molecule has 12 aromatic carbocycles. The van der Waals surface area contributed by atoms with E-state index >= 15 is 0 Å². The molecule has 0 aliphatic heterocycles. The third-order valence-corrected chi connectivity index (χ3v) is 31.5. The van der Waals surface area contributed by atoms with E-state index in [1.165, 1.54) is 285 Å². The number of aromatic carboxylic acids is 1. The number of carboxylic acids is 1. The first-order valence-corrected chi connectivity index (χ1v) is 53.8. The van der Waals surface area contributed by atoms with E-state index in [1.807, 2.05) is 79.4 Å². The zero-order valence-electron chi connectivity index (χ0n) is 89.4. The molecule has 6 heterocycles. The number of carbonyl (C=O) groups is 1. The van der Waals surface area contributed by atoms with E-state index in [0.717, 1.165) is 61.8 Å². The van der Waals surface area contributed by atoms with Crippen LogP contribution >= 0.6 is 0 Å². The van der Waals surface area contributed by atoms with Crippen LogP contribution in [0, 0.1) is 65.0 Å². The molecule has 0 amide bonds. The Morgan fingerprint density at radius 2 is 0.557 bits per heavy atom. The van der Waals surface area contributed by atoms with Gasteiger partial charge in [0.1, 0.15) is 5.69 Å². The van der Waals surface area contributed by atoms with Crippen LogP contribution in [0.25, 0.3) is 134 Å². The Labute approximate surface area is 913 Å². The summed E-state index contributed by atoms with van der Waals surface area (Å²) in [6, 6.07) is 121. The molecule has 1 radical (unpaired) electrons. The van der Waals surface area contributed by atoms with Crippen LogP contribution in [0.1, 0.15) is 292 Å². The first kappa shape index (κ1) is 109. The molecule has 0 saturated carbocycles. The van der Waals surface area contributed by atoms with Gasteiger partial charge in [-0.05, 0) is 185 Å². The summed E-state index contributed by atoms with van der Waals surface area (Å²) in [7, 11) is 0. The summed E-state index contributed by atoms with van der Waals surface area (Å²) in [6.45, 7) is 34.0. The van der Waals surface area contributed by atoms with Gasteiger partial charge in [0.25, 0.3) is 0 Å². The van der Waals surface area contributed by atoms with E-state index in [2.05, 4.69) is 373 Å². The van der Waals surface area contributed by atoms with Gasteiger partial charge in [-0.15, -0.1) is 147 Å². The minimum atomic E-state index is -0.990. The third-order valence-electron chi connectivity index (χ3n) is 31.5. The van der Waals surface area contributed by atoms with Crippen LogP contribution in [-0.4, -0.2) is 41.0 Å². The summed E-state index contributed by atoms with van der Waals surface area (Å²) in [6.07, 6.45) is 34.8. The molecular formula is C139H139Ir2N6O2-2. The van der Waals surface area contributed by atoms with E-state index < -0.39 is 5.97 Å². The van der Waals surface area contributed by atoms with Gasteiger partial charge in [0.15, 0.2) is 0 Å². The van der Waals surface area contributed by atoms with Gasteiger partial charge in [-0.3, -0.25) is 4.98 Å². The number of para-hydroxylation sites is 1. The standard InChI is InChI=1S/2C35H40N.3C21H18N.C6H5NO2.2Ir/c1-4-6-8-12-22-35(23-13-9-7-5-2)31-24-26(3)16-19-29(31)30-20-17-28(25-32(30)35)34-21-18-27-14-10-11-15-33(27)36-34;1-4-6-8-12-20-35(21-13-9-7-5-2)32-22-26(3)16-18-30(32)31-19-17-28(23-33(31)35)34-24-27-14-10-11-15-29(27)25-36-34;3*1-14-7-9-16-17-10-8-15(20-6-4-5-11-22-20)13-19(17)21(2,3)18(16)12-14;8-6(9)5-3-1-2-4-7-5;;/h10-11,14-16,18-21,24-25H,4-9,12-13,22-23H2,1-3H3;10-11,14-16,18-19,22-25H,4-9,12-13,20-21H2,1-3H3;3*4-7,9-13H,1-3H3;1-4H,(H,8,9);;/q5*-1;;;+3. The number of nitrogens with zero attached hydrogens (tertiary/aromatic N) is 6. The summed E-state index contributed by atoms with van der Waals surface area (Å²) in [5.41, 5.74) is 46.6. The fourth-order valence-electron chi connectivity index (χ4n) is 23.4. The number of aromatic nitrogens is 6. The second-order valence-electron chi connectivity index (χ2n) is 42.9. The van der Waals surface area contributed by atoms with Crippen molar-refractivity contribution in [3.8, 4) is 112 Å². The molecule has 6 aromatic heterocycles. The van der Waals surface area contributed by atoms with E-state index in [0.29, 0.717) is 0 Å². The maximum Gasteiger partial charge on any atom is 3.00 e. The van der Waals surface area contributed by atoms with Crippen molar-refractivity contribution in [2.75, 3.05) is 0 Å². The Bertz CT molecular complexity index is 7150. The molecule has 8 nitrogen and oxygen atoms in total. The van der Waals surface area contributed by atoms with Crippen LogP contribution < -0.4 is 0 Å². The van der Waals surface area contributed by atoms with Gasteiger partial charge in [0.2, 0.25) is 0 Å². The molecule has 0 atom stereocenters. The quantitative estimate of drug-likeness (QED) is 0.0421. The number of unbranched alkanes of at least 4 members (excludes halogenated alkanes) is 12. The SMILES string of the molecule is CCCCCCC1(CCCCCC)c2cc(-c3cc4ccccc4cn3)[c-]cc2-c2ccc(C)cc21.CCCCCCC1(CCCCCC)c2cc(-c3ccc4ccccc4n3)[c-]cc2-c2ccc(C)cc21.Cc1ccc2c(c1)C(C)(C)c1cc(-c3ccccn3)[c-]cc1-2.Cc1ccc2c(c1)C(C)(C)c1cc(-c3ccccn3)[c-]cc1-2.Cc1ccc2c(c1)C(C)(C)c1cc(-c3ccccn3)[c-]cc1-2.O=C(O)c1ccccn1.[Ir+3].[Ir]. The van der Waals surface area contributed by atoms with Crippen molar-refractivity contribution >= 4 is 27.6 Å². The number of fused-ring (bicyclic) bond motifs is 17. The molecule has 0 fully saturated rings. The molecule has 0 spiro atoms.